The summed E-state index contributed by atoms with van der Waals surface area (Å²) in [5, 5.41) is 2.92. The van der Waals surface area contributed by atoms with Crippen molar-refractivity contribution >= 4 is 21.8 Å². The van der Waals surface area contributed by atoms with E-state index >= 15 is 0 Å². The van der Waals surface area contributed by atoms with E-state index < -0.39 is 6.10 Å². The molecule has 0 spiro atoms. The molecule has 3 N–H and O–H groups in total. The van der Waals surface area contributed by atoms with Gasteiger partial charge < -0.3 is 15.8 Å². The van der Waals surface area contributed by atoms with Gasteiger partial charge in [0.2, 0.25) is 0 Å². The van der Waals surface area contributed by atoms with Gasteiger partial charge in [-0.2, -0.15) is 0 Å². The van der Waals surface area contributed by atoms with Crippen LogP contribution < -0.4 is 15.8 Å². The Morgan fingerprint density at radius 3 is 2.75 bits per heavy atom. The van der Waals surface area contributed by atoms with E-state index in [0.717, 1.165) is 16.5 Å². The van der Waals surface area contributed by atoms with Crippen LogP contribution in [0.15, 0.2) is 22.7 Å². The molecule has 2 atom stereocenters. The van der Waals surface area contributed by atoms with Crippen molar-refractivity contribution < 1.29 is 9.53 Å². The van der Waals surface area contributed by atoms with Crippen LogP contribution in [0.2, 0.25) is 0 Å². The third-order valence-electron chi connectivity index (χ3n) is 3.13. The molecule has 0 aromatic heterocycles. The van der Waals surface area contributed by atoms with Gasteiger partial charge in [0.25, 0.3) is 5.91 Å². The molecule has 20 heavy (non-hydrogen) atoms. The van der Waals surface area contributed by atoms with Gasteiger partial charge in [0, 0.05) is 6.04 Å². The van der Waals surface area contributed by atoms with Crippen LogP contribution >= 0.6 is 15.9 Å². The first kappa shape index (κ1) is 17.0. The predicted octanol–water partition coefficient (Wildman–Crippen LogP) is 2.63. The average Bonchev–Trinajstić information content (AvgIpc) is 2.42. The number of rotatable bonds is 7. The van der Waals surface area contributed by atoms with E-state index in [-0.39, 0.29) is 11.9 Å². The smallest absolute Gasteiger partial charge is 0.260 e. The fourth-order valence-corrected chi connectivity index (χ4v) is 2.23. The molecule has 0 aliphatic rings. The Morgan fingerprint density at radius 1 is 1.45 bits per heavy atom. The Labute approximate surface area is 129 Å². The van der Waals surface area contributed by atoms with Gasteiger partial charge >= 0.3 is 0 Å². The van der Waals surface area contributed by atoms with Gasteiger partial charge in [0.15, 0.2) is 6.10 Å². The van der Waals surface area contributed by atoms with Crippen molar-refractivity contribution in [2.45, 2.75) is 45.8 Å². The fraction of sp³-hybridized carbons (Fsp3) is 0.533. The fourth-order valence-electron chi connectivity index (χ4n) is 1.73. The van der Waals surface area contributed by atoms with Crippen LogP contribution in [0.5, 0.6) is 5.75 Å². The quantitative estimate of drug-likeness (QED) is 0.800. The number of para-hydroxylation sites is 1. The minimum Gasteiger partial charge on any atom is -0.479 e. The molecule has 0 aliphatic heterocycles. The highest BCUT2D eigenvalue weighted by atomic mass is 79.9. The number of nitrogens with two attached hydrogens (primary N) is 1. The van der Waals surface area contributed by atoms with Crippen LogP contribution in [-0.4, -0.2) is 24.6 Å². The van der Waals surface area contributed by atoms with Crippen molar-refractivity contribution in [3.63, 3.8) is 0 Å². The number of ether oxygens (including phenoxy) is 1. The summed E-state index contributed by atoms with van der Waals surface area (Å²) in [4.78, 5) is 12.0. The third kappa shape index (κ3) is 4.80. The number of halogens is 1. The summed E-state index contributed by atoms with van der Waals surface area (Å²) < 4.78 is 6.66. The summed E-state index contributed by atoms with van der Waals surface area (Å²) in [6.45, 7) is 6.30. The van der Waals surface area contributed by atoms with E-state index in [1.54, 1.807) is 6.92 Å². The Morgan fingerprint density at radius 2 is 2.15 bits per heavy atom. The van der Waals surface area contributed by atoms with Gasteiger partial charge in [-0.3, -0.25) is 4.79 Å². The van der Waals surface area contributed by atoms with Crippen LogP contribution in [0, 0.1) is 0 Å². The maximum absolute atomic E-state index is 12.0. The highest BCUT2D eigenvalue weighted by Gasteiger charge is 2.19. The van der Waals surface area contributed by atoms with Gasteiger partial charge in [0.05, 0.1) is 4.47 Å². The van der Waals surface area contributed by atoms with Gasteiger partial charge in [0.1, 0.15) is 5.75 Å². The number of benzene rings is 1. The Balaban J connectivity index is 2.79. The van der Waals surface area contributed by atoms with Crippen molar-refractivity contribution in [1.29, 1.82) is 0 Å². The van der Waals surface area contributed by atoms with Crippen molar-refractivity contribution in [3.8, 4) is 5.75 Å². The second kappa shape index (κ2) is 8.27. The summed E-state index contributed by atoms with van der Waals surface area (Å²) >= 11 is 3.46. The highest BCUT2D eigenvalue weighted by Crippen LogP contribution is 2.30. The summed E-state index contributed by atoms with van der Waals surface area (Å²) in [5.74, 6) is 0.596. The zero-order valence-electron chi connectivity index (χ0n) is 12.3. The molecule has 0 fully saturated rings. The van der Waals surface area contributed by atoms with Gasteiger partial charge in [-0.25, -0.2) is 0 Å². The number of nitrogens with one attached hydrogen (secondary N) is 1. The van der Waals surface area contributed by atoms with Crippen LogP contribution in [-0.2, 0) is 11.2 Å². The molecular formula is C15H23BrN2O2. The average molecular weight is 343 g/mol. The van der Waals surface area contributed by atoms with Gasteiger partial charge in [-0.05, 0) is 60.8 Å². The Hall–Kier alpha value is -1.07. The summed E-state index contributed by atoms with van der Waals surface area (Å²) in [5.41, 5.74) is 6.61. The molecule has 1 rings (SSSR count). The molecule has 112 valence electrons. The lowest BCUT2D eigenvalue weighted by Crippen LogP contribution is -2.41. The van der Waals surface area contributed by atoms with E-state index in [1.807, 2.05) is 32.0 Å². The van der Waals surface area contributed by atoms with Crippen LogP contribution in [0.1, 0.15) is 32.8 Å². The van der Waals surface area contributed by atoms with E-state index in [0.29, 0.717) is 18.7 Å². The molecule has 0 bridgehead atoms. The standard InChI is InChI=1S/C15H23BrN2O2/c1-4-10(2)18-15(19)11(3)20-14-12(8-9-17)6-5-7-13(14)16/h5-7,10-11H,4,8-9,17H2,1-3H3,(H,18,19). The van der Waals surface area contributed by atoms with E-state index in [2.05, 4.69) is 21.2 Å². The minimum absolute atomic E-state index is 0.103. The molecule has 0 saturated carbocycles. The lowest BCUT2D eigenvalue weighted by atomic mass is 10.1. The molecule has 0 radical (unpaired) electrons. The number of carbonyl (C=O) groups excluding carboxylic acids is 1. The zero-order chi connectivity index (χ0) is 15.1. The zero-order valence-corrected chi connectivity index (χ0v) is 13.9. The number of carbonyl (C=O) groups is 1. The van der Waals surface area contributed by atoms with E-state index in [1.165, 1.54) is 0 Å². The number of hydrogen-bond acceptors (Lipinski definition) is 3. The van der Waals surface area contributed by atoms with Crippen LogP contribution in [0.3, 0.4) is 0 Å². The maximum Gasteiger partial charge on any atom is 0.260 e. The molecule has 0 heterocycles. The van der Waals surface area contributed by atoms with Gasteiger partial charge in [-0.15, -0.1) is 0 Å². The van der Waals surface area contributed by atoms with Crippen molar-refractivity contribution in [3.05, 3.63) is 28.2 Å². The van der Waals surface area contributed by atoms with E-state index in [9.17, 15) is 4.79 Å². The first-order valence-corrected chi connectivity index (χ1v) is 7.73. The molecule has 1 aromatic rings. The summed E-state index contributed by atoms with van der Waals surface area (Å²) in [6, 6.07) is 5.95. The SMILES string of the molecule is CCC(C)NC(=O)C(C)Oc1c(Br)cccc1CCN. The Bertz CT molecular complexity index is 451. The largest absolute Gasteiger partial charge is 0.479 e. The monoisotopic (exact) mass is 342 g/mol. The normalized spacial score (nSPS) is 13.7. The summed E-state index contributed by atoms with van der Waals surface area (Å²) in [6.07, 6.45) is 1.07. The lowest BCUT2D eigenvalue weighted by molar-refractivity contribution is -0.127. The predicted molar refractivity (Wildman–Crippen MR) is 84.9 cm³/mol. The molecule has 1 aromatic carbocycles. The molecule has 0 saturated heterocycles. The second-order valence-electron chi connectivity index (χ2n) is 4.84. The number of amides is 1. The molecular weight excluding hydrogens is 320 g/mol. The topological polar surface area (TPSA) is 64.3 Å². The van der Waals surface area contributed by atoms with Crippen LogP contribution in [0.4, 0.5) is 0 Å². The molecule has 2 unspecified atom stereocenters. The van der Waals surface area contributed by atoms with Gasteiger partial charge in [-0.1, -0.05) is 19.1 Å². The van der Waals surface area contributed by atoms with Crippen molar-refractivity contribution in [2.24, 2.45) is 5.73 Å². The van der Waals surface area contributed by atoms with Crippen molar-refractivity contribution in [2.75, 3.05) is 6.54 Å². The van der Waals surface area contributed by atoms with Crippen molar-refractivity contribution in [1.82, 2.24) is 5.32 Å². The highest BCUT2D eigenvalue weighted by molar-refractivity contribution is 9.10. The maximum atomic E-state index is 12.0. The summed E-state index contributed by atoms with van der Waals surface area (Å²) in [7, 11) is 0. The molecule has 0 aliphatic carbocycles. The number of hydrogen-bond donors (Lipinski definition) is 2. The minimum atomic E-state index is -0.542. The third-order valence-corrected chi connectivity index (χ3v) is 3.75. The lowest BCUT2D eigenvalue weighted by Gasteiger charge is -2.20. The van der Waals surface area contributed by atoms with Crippen LogP contribution in [0.25, 0.3) is 0 Å². The first-order valence-electron chi connectivity index (χ1n) is 6.94. The molecule has 1 amide bonds. The Kier molecular flexibility index (Phi) is 7.02. The molecule has 4 nitrogen and oxygen atoms in total. The molecule has 5 heteroatoms. The van der Waals surface area contributed by atoms with E-state index in [4.69, 9.17) is 10.5 Å². The second-order valence-corrected chi connectivity index (χ2v) is 5.70. The first-order chi connectivity index (χ1) is 9.49.